The van der Waals surface area contributed by atoms with Crippen LogP contribution in [0, 0.1) is 0 Å². The third kappa shape index (κ3) is 5.22. The second-order valence-electron chi connectivity index (χ2n) is 4.23. The van der Waals surface area contributed by atoms with E-state index in [4.69, 9.17) is 10.8 Å². The van der Waals surface area contributed by atoms with E-state index in [9.17, 15) is 19.2 Å². The Morgan fingerprint density at radius 2 is 2.05 bits per heavy atom. The van der Waals surface area contributed by atoms with Gasteiger partial charge in [-0.2, -0.15) is 0 Å². The molecule has 0 aromatic carbocycles. The molecule has 4 N–H and O–H groups in total. The minimum Gasteiger partial charge on any atom is -0.480 e. The third-order valence-corrected chi connectivity index (χ3v) is 3.32. The van der Waals surface area contributed by atoms with E-state index in [-0.39, 0.29) is 0 Å². The summed E-state index contributed by atoms with van der Waals surface area (Å²) in [5, 5.41) is 12.9. The van der Waals surface area contributed by atoms with E-state index in [0.29, 0.717) is 4.88 Å². The maximum Gasteiger partial charge on any atom is 0.323 e. The molecule has 0 saturated carbocycles. The van der Waals surface area contributed by atoms with Gasteiger partial charge in [-0.25, -0.2) is 0 Å². The van der Waals surface area contributed by atoms with Gasteiger partial charge in [-0.1, -0.05) is 6.07 Å². The largest absolute Gasteiger partial charge is 0.480 e. The van der Waals surface area contributed by atoms with Crippen LogP contribution in [0.5, 0.6) is 0 Å². The molecule has 3 amide bonds. The van der Waals surface area contributed by atoms with Crippen molar-refractivity contribution in [3.8, 4) is 0 Å². The first-order valence-corrected chi connectivity index (χ1v) is 6.82. The number of carboxylic acid groups (broad SMARTS) is 1. The fraction of sp³-hybridized carbons (Fsp3) is 0.333. The molecule has 1 heterocycles. The lowest BCUT2D eigenvalue weighted by Gasteiger charge is -2.23. The van der Waals surface area contributed by atoms with Crippen molar-refractivity contribution >= 4 is 35.0 Å². The van der Waals surface area contributed by atoms with Crippen molar-refractivity contribution in [1.29, 1.82) is 0 Å². The highest BCUT2D eigenvalue weighted by Crippen LogP contribution is 2.08. The normalized spacial score (nSPS) is 11.5. The van der Waals surface area contributed by atoms with Crippen molar-refractivity contribution in [3.05, 3.63) is 22.4 Å². The molecule has 1 rings (SSSR count). The van der Waals surface area contributed by atoms with E-state index in [0.717, 1.165) is 4.90 Å². The summed E-state index contributed by atoms with van der Waals surface area (Å²) in [7, 11) is 0. The summed E-state index contributed by atoms with van der Waals surface area (Å²) < 4.78 is 0. The summed E-state index contributed by atoms with van der Waals surface area (Å²) in [4.78, 5) is 46.7. The van der Waals surface area contributed by atoms with Crippen LogP contribution in [0.1, 0.15) is 16.6 Å². The van der Waals surface area contributed by atoms with Crippen LogP contribution < -0.4 is 11.1 Å². The molecule has 1 aromatic rings. The molecular formula is C12H15N3O5S. The lowest BCUT2D eigenvalue weighted by Crippen LogP contribution is -2.50. The van der Waals surface area contributed by atoms with E-state index in [1.807, 2.05) is 0 Å². The van der Waals surface area contributed by atoms with Crippen LogP contribution >= 0.6 is 11.3 Å². The second kappa shape index (κ2) is 7.39. The number of nitrogens with one attached hydrogen (secondary N) is 1. The fourth-order valence-corrected chi connectivity index (χ4v) is 2.20. The first-order valence-electron chi connectivity index (χ1n) is 5.94. The molecular weight excluding hydrogens is 298 g/mol. The van der Waals surface area contributed by atoms with E-state index in [1.54, 1.807) is 17.5 Å². The van der Waals surface area contributed by atoms with Gasteiger partial charge in [0.1, 0.15) is 19.1 Å². The Morgan fingerprint density at radius 1 is 1.38 bits per heavy atom. The lowest BCUT2D eigenvalue weighted by atomic mass is 10.2. The molecule has 0 fully saturated rings. The number of hydrogen-bond acceptors (Lipinski definition) is 5. The highest BCUT2D eigenvalue weighted by Gasteiger charge is 2.25. The Hall–Kier alpha value is -2.42. The number of carbonyl (C=O) groups is 4. The molecule has 21 heavy (non-hydrogen) atoms. The second-order valence-corrected chi connectivity index (χ2v) is 5.17. The van der Waals surface area contributed by atoms with Gasteiger partial charge >= 0.3 is 5.97 Å². The molecule has 8 nitrogen and oxygen atoms in total. The molecule has 0 aliphatic heterocycles. The number of carbonyl (C=O) groups excluding carboxylic acids is 3. The Bertz CT molecular complexity index is 527. The van der Waals surface area contributed by atoms with Gasteiger partial charge in [0.2, 0.25) is 11.8 Å². The molecule has 0 saturated heterocycles. The number of primary amides is 1. The number of rotatable bonds is 7. The summed E-state index contributed by atoms with van der Waals surface area (Å²) in [6.45, 7) is 0.217. The van der Waals surface area contributed by atoms with Gasteiger partial charge in [-0.05, 0) is 18.4 Å². The Morgan fingerprint density at radius 3 is 2.52 bits per heavy atom. The van der Waals surface area contributed by atoms with Gasteiger partial charge in [-0.15, -0.1) is 11.3 Å². The zero-order valence-corrected chi connectivity index (χ0v) is 12.1. The molecule has 0 radical (unpaired) electrons. The van der Waals surface area contributed by atoms with Crippen LogP contribution in [0.25, 0.3) is 0 Å². The first-order chi connectivity index (χ1) is 9.81. The number of thiophene rings is 1. The molecule has 1 unspecified atom stereocenters. The van der Waals surface area contributed by atoms with Gasteiger partial charge in [0.25, 0.3) is 5.91 Å². The molecule has 0 spiro atoms. The van der Waals surface area contributed by atoms with Gasteiger partial charge in [0.15, 0.2) is 0 Å². The summed E-state index contributed by atoms with van der Waals surface area (Å²) in [6.07, 6.45) is 0. The quantitative estimate of drug-likeness (QED) is 0.610. The number of carboxylic acids is 1. The summed E-state index contributed by atoms with van der Waals surface area (Å²) >= 11 is 1.21. The maximum atomic E-state index is 12.1. The summed E-state index contributed by atoms with van der Waals surface area (Å²) in [5.74, 6) is -3.25. The van der Waals surface area contributed by atoms with Crippen LogP contribution in [0.15, 0.2) is 17.5 Å². The molecule has 0 aliphatic carbocycles. The van der Waals surface area contributed by atoms with Crippen LogP contribution in [-0.2, 0) is 14.4 Å². The number of nitrogens with two attached hydrogens (primary N) is 1. The number of aliphatic carboxylic acids is 1. The topological polar surface area (TPSA) is 130 Å². The Balaban J connectivity index is 2.70. The SMILES string of the molecule is CC(NC(=O)c1cccs1)C(=O)N(CC(N)=O)CC(=O)O. The standard InChI is InChI=1S/C12H15N3O5S/c1-7(14-11(19)8-3-2-4-21-8)12(20)15(5-9(13)16)6-10(17)18/h2-4,7H,5-6H2,1H3,(H2,13,16)(H,14,19)(H,17,18). The average Bonchev–Trinajstić information content (AvgIpc) is 2.89. The number of nitrogens with zero attached hydrogens (tertiary/aromatic N) is 1. The van der Waals surface area contributed by atoms with Crippen molar-refractivity contribution in [1.82, 2.24) is 10.2 Å². The average molecular weight is 313 g/mol. The third-order valence-electron chi connectivity index (χ3n) is 2.45. The minimum atomic E-state index is -1.28. The molecule has 114 valence electrons. The zero-order chi connectivity index (χ0) is 16.0. The predicted molar refractivity (Wildman–Crippen MR) is 74.7 cm³/mol. The van der Waals surface area contributed by atoms with Crippen molar-refractivity contribution in [3.63, 3.8) is 0 Å². The van der Waals surface area contributed by atoms with Gasteiger partial charge in [-0.3, -0.25) is 19.2 Å². The highest BCUT2D eigenvalue weighted by molar-refractivity contribution is 7.12. The Labute approximate surface area is 124 Å². The summed E-state index contributed by atoms with van der Waals surface area (Å²) in [6, 6.07) is 2.31. The predicted octanol–water partition coefficient (Wildman–Crippen LogP) is -0.735. The number of amides is 3. The lowest BCUT2D eigenvalue weighted by molar-refractivity contribution is -0.146. The van der Waals surface area contributed by atoms with Crippen molar-refractivity contribution in [2.75, 3.05) is 13.1 Å². The monoisotopic (exact) mass is 313 g/mol. The van der Waals surface area contributed by atoms with Crippen molar-refractivity contribution in [2.24, 2.45) is 5.73 Å². The highest BCUT2D eigenvalue weighted by atomic mass is 32.1. The van der Waals surface area contributed by atoms with Crippen molar-refractivity contribution < 1.29 is 24.3 Å². The van der Waals surface area contributed by atoms with E-state index < -0.39 is 42.8 Å². The van der Waals surface area contributed by atoms with Crippen LogP contribution in [0.3, 0.4) is 0 Å². The summed E-state index contributed by atoms with van der Waals surface area (Å²) in [5.41, 5.74) is 4.97. The minimum absolute atomic E-state index is 0.425. The molecule has 0 aliphatic rings. The molecule has 1 atom stereocenters. The maximum absolute atomic E-state index is 12.1. The molecule has 0 bridgehead atoms. The van der Waals surface area contributed by atoms with E-state index in [2.05, 4.69) is 5.32 Å². The van der Waals surface area contributed by atoms with Gasteiger partial charge < -0.3 is 21.1 Å². The molecule has 9 heteroatoms. The molecule has 1 aromatic heterocycles. The van der Waals surface area contributed by atoms with E-state index >= 15 is 0 Å². The van der Waals surface area contributed by atoms with Crippen LogP contribution in [0.2, 0.25) is 0 Å². The first kappa shape index (κ1) is 16.6. The Kier molecular flexibility index (Phi) is 5.85. The zero-order valence-electron chi connectivity index (χ0n) is 11.2. The van der Waals surface area contributed by atoms with Crippen molar-refractivity contribution in [2.45, 2.75) is 13.0 Å². The number of hydrogen-bond donors (Lipinski definition) is 3. The fourth-order valence-electron chi connectivity index (χ4n) is 1.57. The van der Waals surface area contributed by atoms with Gasteiger partial charge in [0, 0.05) is 0 Å². The van der Waals surface area contributed by atoms with E-state index in [1.165, 1.54) is 18.3 Å². The van der Waals surface area contributed by atoms with Gasteiger partial charge in [0.05, 0.1) is 4.88 Å². The van der Waals surface area contributed by atoms with Crippen LogP contribution in [-0.4, -0.2) is 52.8 Å². The van der Waals surface area contributed by atoms with Crippen LogP contribution in [0.4, 0.5) is 0 Å². The smallest absolute Gasteiger partial charge is 0.323 e.